The van der Waals surface area contributed by atoms with Crippen molar-refractivity contribution in [2.45, 2.75) is 30.4 Å². The van der Waals surface area contributed by atoms with Crippen LogP contribution < -0.4 is 0 Å². The molecular weight excluding hydrogens is 312 g/mol. The fraction of sp³-hybridized carbons (Fsp3) is 0.357. The fourth-order valence-corrected chi connectivity index (χ4v) is 2.63. The molecule has 7 heteroatoms. The molecule has 1 atom stereocenters. The largest absolute Gasteiger partial charge is 0.465 e. The van der Waals surface area contributed by atoms with Crippen molar-refractivity contribution in [1.29, 1.82) is 0 Å². The minimum Gasteiger partial charge on any atom is -0.465 e. The number of hydrogen-bond donors (Lipinski definition) is 0. The Hall–Kier alpha value is -1.53. The quantitative estimate of drug-likeness (QED) is 0.596. The number of ether oxygens (including phenoxy) is 1. The van der Waals surface area contributed by atoms with Gasteiger partial charge in [0.2, 0.25) is 5.89 Å². The molecule has 21 heavy (non-hydrogen) atoms. The minimum atomic E-state index is -0.553. The molecule has 1 aromatic heterocycles. The first-order chi connectivity index (χ1) is 10.1. The van der Waals surface area contributed by atoms with E-state index in [1.54, 1.807) is 25.6 Å². The number of rotatable bonds is 6. The Kier molecular flexibility index (Phi) is 5.64. The van der Waals surface area contributed by atoms with E-state index in [1.165, 1.54) is 0 Å². The first-order valence-corrected chi connectivity index (χ1v) is 7.84. The summed E-state index contributed by atoms with van der Waals surface area (Å²) in [5.74, 6) is 0.429. The van der Waals surface area contributed by atoms with E-state index < -0.39 is 5.92 Å². The summed E-state index contributed by atoms with van der Waals surface area (Å²) >= 11 is 7.47. The molecule has 2 aromatic rings. The van der Waals surface area contributed by atoms with E-state index in [1.807, 2.05) is 24.3 Å². The van der Waals surface area contributed by atoms with Crippen molar-refractivity contribution in [1.82, 2.24) is 10.1 Å². The summed E-state index contributed by atoms with van der Waals surface area (Å²) in [4.78, 5) is 16.8. The van der Waals surface area contributed by atoms with Crippen LogP contribution in [0.15, 0.2) is 33.7 Å². The van der Waals surface area contributed by atoms with Crippen LogP contribution in [-0.4, -0.2) is 22.7 Å². The summed E-state index contributed by atoms with van der Waals surface area (Å²) in [6, 6.07) is 7.53. The van der Waals surface area contributed by atoms with Crippen molar-refractivity contribution in [3.8, 4) is 0 Å². The van der Waals surface area contributed by atoms with Crippen molar-refractivity contribution in [3.05, 3.63) is 41.0 Å². The van der Waals surface area contributed by atoms with Crippen LogP contribution in [0.4, 0.5) is 0 Å². The van der Waals surface area contributed by atoms with E-state index in [0.717, 1.165) is 4.90 Å². The molecule has 2 rings (SSSR count). The fourth-order valence-electron chi connectivity index (χ4n) is 1.57. The van der Waals surface area contributed by atoms with Crippen LogP contribution in [0.5, 0.6) is 0 Å². The third kappa shape index (κ3) is 4.47. The van der Waals surface area contributed by atoms with Gasteiger partial charge in [-0.15, -0.1) is 11.8 Å². The maximum atomic E-state index is 11.6. The molecule has 0 aliphatic rings. The minimum absolute atomic E-state index is 0.273. The lowest BCUT2D eigenvalue weighted by molar-refractivity contribution is -0.145. The van der Waals surface area contributed by atoms with Gasteiger partial charge >= 0.3 is 5.97 Å². The number of thioether (sulfide) groups is 1. The first-order valence-electron chi connectivity index (χ1n) is 6.47. The lowest BCUT2D eigenvalue weighted by Crippen LogP contribution is -2.13. The van der Waals surface area contributed by atoms with Crippen LogP contribution in [0.2, 0.25) is 5.02 Å². The monoisotopic (exact) mass is 326 g/mol. The Morgan fingerprint density at radius 3 is 3.05 bits per heavy atom. The molecule has 5 nitrogen and oxygen atoms in total. The molecule has 0 saturated carbocycles. The molecule has 0 amide bonds. The van der Waals surface area contributed by atoms with Crippen molar-refractivity contribution in [3.63, 3.8) is 0 Å². The number of nitrogens with zero attached hydrogens (tertiary/aromatic N) is 2. The third-order valence-electron chi connectivity index (χ3n) is 2.66. The molecule has 112 valence electrons. The van der Waals surface area contributed by atoms with E-state index in [0.29, 0.717) is 23.2 Å². The van der Waals surface area contributed by atoms with E-state index in [9.17, 15) is 4.79 Å². The molecular formula is C14H15ClN2O3S. The first kappa shape index (κ1) is 15.9. The number of benzene rings is 1. The Balaban J connectivity index is 1.95. The summed E-state index contributed by atoms with van der Waals surface area (Å²) in [7, 11) is 0. The van der Waals surface area contributed by atoms with E-state index in [2.05, 4.69) is 10.1 Å². The maximum Gasteiger partial charge on any atom is 0.318 e. The molecule has 0 fully saturated rings. The highest BCUT2D eigenvalue weighted by Gasteiger charge is 2.23. The van der Waals surface area contributed by atoms with Gasteiger partial charge in [-0.1, -0.05) is 22.8 Å². The van der Waals surface area contributed by atoms with Gasteiger partial charge in [0.25, 0.3) is 0 Å². The lowest BCUT2D eigenvalue weighted by atomic mass is 10.2. The van der Waals surface area contributed by atoms with Crippen LogP contribution >= 0.6 is 23.4 Å². The molecule has 1 unspecified atom stereocenters. The smallest absolute Gasteiger partial charge is 0.318 e. The van der Waals surface area contributed by atoms with Gasteiger partial charge < -0.3 is 9.26 Å². The molecule has 1 aromatic carbocycles. The Bertz CT molecular complexity index is 618. The molecule has 0 saturated heterocycles. The van der Waals surface area contributed by atoms with Crippen molar-refractivity contribution in [2.24, 2.45) is 0 Å². The number of hydrogen-bond acceptors (Lipinski definition) is 6. The Morgan fingerprint density at radius 2 is 2.33 bits per heavy atom. The van der Waals surface area contributed by atoms with Crippen LogP contribution in [0.1, 0.15) is 31.5 Å². The SMILES string of the molecule is CCOC(=O)C(C)c1nc(CSc2cccc(Cl)c2)no1. The summed E-state index contributed by atoms with van der Waals surface area (Å²) in [5, 5.41) is 4.55. The average Bonchev–Trinajstić information content (AvgIpc) is 2.93. The van der Waals surface area contributed by atoms with Crippen molar-refractivity contribution < 1.29 is 14.1 Å². The second-order valence-corrected chi connectivity index (χ2v) is 5.75. The van der Waals surface area contributed by atoms with Gasteiger partial charge in [-0.25, -0.2) is 0 Å². The summed E-state index contributed by atoms with van der Waals surface area (Å²) in [5.41, 5.74) is 0. The number of carbonyl (C=O) groups excluding carboxylic acids is 1. The summed E-state index contributed by atoms with van der Waals surface area (Å²) in [6.45, 7) is 3.76. The Morgan fingerprint density at radius 1 is 1.52 bits per heavy atom. The van der Waals surface area contributed by atoms with Crippen LogP contribution in [0, 0.1) is 0 Å². The van der Waals surface area contributed by atoms with Gasteiger partial charge in [-0.3, -0.25) is 4.79 Å². The van der Waals surface area contributed by atoms with Gasteiger partial charge in [0.15, 0.2) is 5.82 Å². The van der Waals surface area contributed by atoms with Gasteiger partial charge in [0.05, 0.1) is 12.4 Å². The van der Waals surface area contributed by atoms with Crippen LogP contribution in [0.3, 0.4) is 0 Å². The summed E-state index contributed by atoms with van der Waals surface area (Å²) < 4.78 is 10.0. The van der Waals surface area contributed by atoms with E-state index in [4.69, 9.17) is 20.9 Å². The molecule has 0 bridgehead atoms. The van der Waals surface area contributed by atoms with Gasteiger partial charge in [0, 0.05) is 9.92 Å². The molecule has 0 N–H and O–H groups in total. The number of aromatic nitrogens is 2. The number of carbonyl (C=O) groups is 1. The highest BCUT2D eigenvalue weighted by Crippen LogP contribution is 2.25. The van der Waals surface area contributed by atoms with Crippen LogP contribution in [-0.2, 0) is 15.3 Å². The molecule has 0 radical (unpaired) electrons. The highest BCUT2D eigenvalue weighted by atomic mass is 35.5. The zero-order valence-corrected chi connectivity index (χ0v) is 13.3. The van der Waals surface area contributed by atoms with E-state index in [-0.39, 0.29) is 11.9 Å². The van der Waals surface area contributed by atoms with Gasteiger partial charge in [-0.2, -0.15) is 4.98 Å². The number of halogens is 1. The number of esters is 1. The van der Waals surface area contributed by atoms with Crippen LogP contribution in [0.25, 0.3) is 0 Å². The normalized spacial score (nSPS) is 12.1. The standard InChI is InChI=1S/C14H15ClN2O3S/c1-3-19-14(18)9(2)13-16-12(17-20-13)8-21-11-6-4-5-10(15)7-11/h4-7,9H,3,8H2,1-2H3. The van der Waals surface area contributed by atoms with Gasteiger partial charge in [-0.05, 0) is 32.0 Å². The zero-order chi connectivity index (χ0) is 15.2. The molecule has 0 aliphatic heterocycles. The van der Waals surface area contributed by atoms with E-state index >= 15 is 0 Å². The third-order valence-corrected chi connectivity index (χ3v) is 3.88. The maximum absolute atomic E-state index is 11.6. The molecule has 0 aliphatic carbocycles. The van der Waals surface area contributed by atoms with Crippen molar-refractivity contribution >= 4 is 29.3 Å². The second kappa shape index (κ2) is 7.47. The van der Waals surface area contributed by atoms with Gasteiger partial charge in [0.1, 0.15) is 5.92 Å². The summed E-state index contributed by atoms with van der Waals surface area (Å²) in [6.07, 6.45) is 0. The second-order valence-electron chi connectivity index (χ2n) is 4.27. The molecule has 0 spiro atoms. The predicted molar refractivity (Wildman–Crippen MR) is 80.4 cm³/mol. The van der Waals surface area contributed by atoms with Crippen molar-refractivity contribution in [2.75, 3.05) is 6.61 Å². The highest BCUT2D eigenvalue weighted by molar-refractivity contribution is 7.98. The average molecular weight is 327 g/mol. The predicted octanol–water partition coefficient (Wildman–Crippen LogP) is 3.68. The zero-order valence-electron chi connectivity index (χ0n) is 11.7. The Labute approximate surface area is 132 Å². The molecule has 1 heterocycles. The lowest BCUT2D eigenvalue weighted by Gasteiger charge is -2.04. The topological polar surface area (TPSA) is 65.2 Å².